The standard InChI is InChI=1S/C24H28ClN3O6/c1-24(2,3)34-23(30)27-12-11-26(21(15-27)22(29)33-4)14-18-13-17(7-10-20(18)28(31)32)16-5-8-19(25)9-6-16/h5-10,13,21H,11-12,14-15H2,1-4H3. The van der Waals surface area contributed by atoms with Crippen LogP contribution in [0.5, 0.6) is 0 Å². The fraction of sp³-hybridized carbons (Fsp3) is 0.417. The molecule has 2 aromatic rings. The number of amides is 1. The summed E-state index contributed by atoms with van der Waals surface area (Å²) < 4.78 is 10.4. The van der Waals surface area contributed by atoms with Crippen LogP contribution >= 0.6 is 11.6 Å². The first-order valence-corrected chi connectivity index (χ1v) is 11.2. The van der Waals surface area contributed by atoms with Crippen molar-refractivity contribution in [3.8, 4) is 11.1 Å². The minimum absolute atomic E-state index is 0.0455. The van der Waals surface area contributed by atoms with Crippen LogP contribution in [0.2, 0.25) is 5.02 Å². The Kier molecular flexibility index (Phi) is 7.78. The first kappa shape index (κ1) is 25.5. The summed E-state index contributed by atoms with van der Waals surface area (Å²) in [5.74, 6) is -0.523. The number of piperazine rings is 1. The Labute approximate surface area is 203 Å². The molecule has 0 spiro atoms. The monoisotopic (exact) mass is 489 g/mol. The molecule has 1 saturated heterocycles. The van der Waals surface area contributed by atoms with Gasteiger partial charge in [0.15, 0.2) is 0 Å². The van der Waals surface area contributed by atoms with Gasteiger partial charge >= 0.3 is 12.1 Å². The second kappa shape index (κ2) is 10.4. The molecule has 1 aliphatic rings. The van der Waals surface area contributed by atoms with Gasteiger partial charge < -0.3 is 14.4 Å². The summed E-state index contributed by atoms with van der Waals surface area (Å²) in [6, 6.07) is 11.3. The van der Waals surface area contributed by atoms with Crippen LogP contribution in [-0.4, -0.2) is 65.2 Å². The second-order valence-corrected chi connectivity index (χ2v) is 9.48. The first-order valence-electron chi connectivity index (χ1n) is 10.8. The summed E-state index contributed by atoms with van der Waals surface area (Å²) in [5.41, 5.74) is 1.39. The van der Waals surface area contributed by atoms with E-state index in [1.165, 1.54) is 18.1 Å². The number of carbonyl (C=O) groups excluding carboxylic acids is 2. The van der Waals surface area contributed by atoms with E-state index in [-0.39, 0.29) is 18.8 Å². The summed E-state index contributed by atoms with van der Waals surface area (Å²) in [5, 5.41) is 12.3. The lowest BCUT2D eigenvalue weighted by Gasteiger charge is -2.40. The van der Waals surface area contributed by atoms with Crippen LogP contribution in [0.4, 0.5) is 10.5 Å². The predicted octanol–water partition coefficient (Wildman–Crippen LogP) is 4.51. The minimum atomic E-state index is -0.787. The Morgan fingerprint density at radius 2 is 1.76 bits per heavy atom. The average Bonchev–Trinajstić information content (AvgIpc) is 2.78. The van der Waals surface area contributed by atoms with Gasteiger partial charge in [0, 0.05) is 36.3 Å². The van der Waals surface area contributed by atoms with Crippen LogP contribution < -0.4 is 0 Å². The molecule has 10 heteroatoms. The molecular weight excluding hydrogens is 462 g/mol. The van der Waals surface area contributed by atoms with Crippen LogP contribution in [0.25, 0.3) is 11.1 Å². The topological polar surface area (TPSA) is 102 Å². The number of nitro benzene ring substituents is 1. The molecule has 34 heavy (non-hydrogen) atoms. The Bertz CT molecular complexity index is 1070. The summed E-state index contributed by atoms with van der Waals surface area (Å²) in [6.45, 7) is 6.14. The normalized spacial score (nSPS) is 16.7. The van der Waals surface area contributed by atoms with Crippen molar-refractivity contribution in [3.05, 3.63) is 63.2 Å². The number of halogens is 1. The molecule has 0 bridgehead atoms. The third-order valence-corrected chi connectivity index (χ3v) is 5.70. The third kappa shape index (κ3) is 6.24. The lowest BCUT2D eigenvalue weighted by atomic mass is 10.0. The van der Waals surface area contributed by atoms with Crippen molar-refractivity contribution in [2.24, 2.45) is 0 Å². The van der Waals surface area contributed by atoms with Crippen molar-refractivity contribution >= 4 is 29.4 Å². The van der Waals surface area contributed by atoms with E-state index in [2.05, 4.69) is 0 Å². The average molecular weight is 490 g/mol. The molecule has 0 saturated carbocycles. The molecule has 0 radical (unpaired) electrons. The smallest absolute Gasteiger partial charge is 0.410 e. The van der Waals surface area contributed by atoms with Crippen LogP contribution in [0.1, 0.15) is 26.3 Å². The molecule has 0 N–H and O–H groups in total. The van der Waals surface area contributed by atoms with E-state index in [9.17, 15) is 19.7 Å². The summed E-state index contributed by atoms with van der Waals surface area (Å²) in [6.07, 6.45) is -0.517. The van der Waals surface area contributed by atoms with Gasteiger partial charge in [-0.2, -0.15) is 0 Å². The van der Waals surface area contributed by atoms with Gasteiger partial charge in [-0.25, -0.2) is 4.79 Å². The molecule has 0 aromatic heterocycles. The molecule has 1 fully saturated rings. The van der Waals surface area contributed by atoms with Gasteiger partial charge in [0.1, 0.15) is 11.6 Å². The quantitative estimate of drug-likeness (QED) is 0.346. The number of esters is 1. The van der Waals surface area contributed by atoms with Gasteiger partial charge in [-0.3, -0.25) is 19.8 Å². The number of rotatable bonds is 5. The number of carbonyl (C=O) groups is 2. The van der Waals surface area contributed by atoms with E-state index in [4.69, 9.17) is 21.1 Å². The summed E-state index contributed by atoms with van der Waals surface area (Å²) >= 11 is 5.98. The van der Waals surface area contributed by atoms with Crippen LogP contribution in [0, 0.1) is 10.1 Å². The van der Waals surface area contributed by atoms with Crippen LogP contribution in [0.15, 0.2) is 42.5 Å². The van der Waals surface area contributed by atoms with Gasteiger partial charge in [0.05, 0.1) is 18.6 Å². The second-order valence-electron chi connectivity index (χ2n) is 9.04. The minimum Gasteiger partial charge on any atom is -0.468 e. The van der Waals surface area contributed by atoms with Crippen molar-refractivity contribution in [1.29, 1.82) is 0 Å². The lowest BCUT2D eigenvalue weighted by Crippen LogP contribution is -2.58. The maximum Gasteiger partial charge on any atom is 0.410 e. The number of nitro groups is 1. The SMILES string of the molecule is COC(=O)C1CN(C(=O)OC(C)(C)C)CCN1Cc1cc(-c2ccc(Cl)cc2)ccc1[N+](=O)[O-]. The van der Waals surface area contributed by atoms with Crippen molar-refractivity contribution in [2.75, 3.05) is 26.7 Å². The van der Waals surface area contributed by atoms with Crippen molar-refractivity contribution in [2.45, 2.75) is 39.0 Å². The molecule has 1 amide bonds. The van der Waals surface area contributed by atoms with E-state index >= 15 is 0 Å². The summed E-state index contributed by atoms with van der Waals surface area (Å²) in [7, 11) is 1.27. The van der Waals surface area contributed by atoms with Gasteiger partial charge in [0.25, 0.3) is 5.69 Å². The van der Waals surface area contributed by atoms with Gasteiger partial charge in [0.2, 0.25) is 0 Å². The highest BCUT2D eigenvalue weighted by molar-refractivity contribution is 6.30. The highest BCUT2D eigenvalue weighted by atomic mass is 35.5. The van der Waals surface area contributed by atoms with Gasteiger partial charge in [-0.05, 0) is 56.2 Å². The van der Waals surface area contributed by atoms with Crippen molar-refractivity contribution < 1.29 is 24.0 Å². The lowest BCUT2D eigenvalue weighted by molar-refractivity contribution is -0.385. The molecule has 3 rings (SSSR count). The van der Waals surface area contributed by atoms with E-state index in [0.717, 1.165) is 11.1 Å². The number of hydrogen-bond donors (Lipinski definition) is 0. The first-order chi connectivity index (χ1) is 16.0. The zero-order valence-corrected chi connectivity index (χ0v) is 20.4. The Hall–Kier alpha value is -3.17. The molecule has 182 valence electrons. The zero-order valence-electron chi connectivity index (χ0n) is 19.6. The molecule has 1 aliphatic heterocycles. The van der Waals surface area contributed by atoms with Crippen LogP contribution in [-0.2, 0) is 20.8 Å². The molecule has 1 heterocycles. The van der Waals surface area contributed by atoms with Crippen molar-refractivity contribution in [3.63, 3.8) is 0 Å². The zero-order chi connectivity index (χ0) is 25.0. The number of benzene rings is 2. The van der Waals surface area contributed by atoms with E-state index < -0.39 is 28.6 Å². The van der Waals surface area contributed by atoms with Gasteiger partial charge in [-0.1, -0.05) is 23.7 Å². The Morgan fingerprint density at radius 3 is 2.35 bits per heavy atom. The van der Waals surface area contributed by atoms with Gasteiger partial charge in [-0.15, -0.1) is 0 Å². The Morgan fingerprint density at radius 1 is 1.12 bits per heavy atom. The maximum absolute atomic E-state index is 12.6. The predicted molar refractivity (Wildman–Crippen MR) is 128 cm³/mol. The molecule has 2 aromatic carbocycles. The number of ether oxygens (including phenoxy) is 2. The number of hydrogen-bond acceptors (Lipinski definition) is 7. The number of nitrogens with zero attached hydrogens (tertiary/aromatic N) is 3. The molecule has 1 atom stereocenters. The fourth-order valence-electron chi connectivity index (χ4n) is 3.79. The fourth-order valence-corrected chi connectivity index (χ4v) is 3.92. The van der Waals surface area contributed by atoms with Crippen LogP contribution in [0.3, 0.4) is 0 Å². The van der Waals surface area contributed by atoms with E-state index in [1.54, 1.807) is 49.9 Å². The van der Waals surface area contributed by atoms with E-state index in [0.29, 0.717) is 23.7 Å². The molecule has 1 unspecified atom stereocenters. The number of methoxy groups -OCH3 is 1. The van der Waals surface area contributed by atoms with Crippen molar-refractivity contribution in [1.82, 2.24) is 9.80 Å². The summed E-state index contributed by atoms with van der Waals surface area (Å²) in [4.78, 5) is 39.6. The highest BCUT2D eigenvalue weighted by Crippen LogP contribution is 2.30. The third-order valence-electron chi connectivity index (χ3n) is 5.44. The maximum atomic E-state index is 12.6. The highest BCUT2D eigenvalue weighted by Gasteiger charge is 2.37. The molecular formula is C24H28ClN3O6. The largest absolute Gasteiger partial charge is 0.468 e. The van der Waals surface area contributed by atoms with E-state index in [1.807, 2.05) is 12.1 Å². The Balaban J connectivity index is 1.88. The molecule has 9 nitrogen and oxygen atoms in total. The molecule has 0 aliphatic carbocycles.